The van der Waals surface area contributed by atoms with Gasteiger partial charge in [-0.25, -0.2) is 0 Å². The summed E-state index contributed by atoms with van der Waals surface area (Å²) in [5.41, 5.74) is 2.04. The highest BCUT2D eigenvalue weighted by molar-refractivity contribution is 7.10. The number of para-hydroxylation sites is 1. The van der Waals surface area contributed by atoms with E-state index in [0.29, 0.717) is 30.4 Å². The molecule has 3 aromatic rings. The topological polar surface area (TPSA) is 61.4 Å². The van der Waals surface area contributed by atoms with Crippen molar-refractivity contribution in [2.45, 2.75) is 25.4 Å². The van der Waals surface area contributed by atoms with Gasteiger partial charge in [-0.3, -0.25) is 14.5 Å². The molecular formula is C24H25N3O2S. The standard InChI is InChI=1S/C24H25N3O2S/c28-23(17-27-14-6-12-21(27)22-13-7-15-30-22)26-20-11-5-4-10-19(20)24(29)25-16-18-8-2-1-3-9-18/h1-5,7-11,13,15,21H,6,12,14,16-17H2,(H,25,29)(H,26,28)/t21-/m0/s1. The quantitative estimate of drug-likeness (QED) is 0.595. The van der Waals surface area contributed by atoms with Crippen LogP contribution in [0, 0.1) is 0 Å². The van der Waals surface area contributed by atoms with Gasteiger partial charge in [0.15, 0.2) is 0 Å². The zero-order valence-electron chi connectivity index (χ0n) is 16.7. The number of rotatable bonds is 7. The molecule has 5 nitrogen and oxygen atoms in total. The molecule has 154 valence electrons. The molecule has 4 rings (SSSR count). The first-order valence-corrected chi connectivity index (χ1v) is 11.1. The lowest BCUT2D eigenvalue weighted by Crippen LogP contribution is -2.33. The van der Waals surface area contributed by atoms with Crippen molar-refractivity contribution in [1.82, 2.24) is 10.2 Å². The molecule has 0 unspecified atom stereocenters. The van der Waals surface area contributed by atoms with Crippen LogP contribution in [0.15, 0.2) is 72.1 Å². The molecule has 0 saturated carbocycles. The zero-order chi connectivity index (χ0) is 20.8. The summed E-state index contributed by atoms with van der Waals surface area (Å²) in [5.74, 6) is -0.297. The van der Waals surface area contributed by atoms with Crippen LogP contribution in [0.4, 0.5) is 5.69 Å². The predicted octanol–water partition coefficient (Wildman–Crippen LogP) is 4.45. The van der Waals surface area contributed by atoms with Gasteiger partial charge in [0.2, 0.25) is 5.91 Å². The van der Waals surface area contributed by atoms with Gasteiger partial charge in [-0.15, -0.1) is 11.3 Å². The summed E-state index contributed by atoms with van der Waals surface area (Å²) in [7, 11) is 0. The van der Waals surface area contributed by atoms with Crippen LogP contribution in [0.5, 0.6) is 0 Å². The number of amides is 2. The number of carbonyl (C=O) groups is 2. The van der Waals surface area contributed by atoms with Crippen LogP contribution in [-0.2, 0) is 11.3 Å². The van der Waals surface area contributed by atoms with Gasteiger partial charge in [0, 0.05) is 17.5 Å². The summed E-state index contributed by atoms with van der Waals surface area (Å²) in [5, 5.41) is 7.95. The Hall–Kier alpha value is -2.96. The molecule has 30 heavy (non-hydrogen) atoms. The summed E-state index contributed by atoms with van der Waals surface area (Å²) >= 11 is 1.74. The van der Waals surface area contributed by atoms with E-state index in [1.165, 1.54) is 4.88 Å². The SMILES string of the molecule is O=C(CN1CCC[C@H]1c1cccs1)Nc1ccccc1C(=O)NCc1ccccc1. The summed E-state index contributed by atoms with van der Waals surface area (Å²) < 4.78 is 0. The van der Waals surface area contributed by atoms with Crippen molar-refractivity contribution in [2.75, 3.05) is 18.4 Å². The van der Waals surface area contributed by atoms with E-state index in [4.69, 9.17) is 0 Å². The highest BCUT2D eigenvalue weighted by atomic mass is 32.1. The second kappa shape index (κ2) is 9.69. The van der Waals surface area contributed by atoms with Crippen molar-refractivity contribution in [3.63, 3.8) is 0 Å². The normalized spacial score (nSPS) is 16.3. The lowest BCUT2D eigenvalue weighted by molar-refractivity contribution is -0.117. The number of hydrogen-bond acceptors (Lipinski definition) is 4. The Labute approximate surface area is 180 Å². The maximum atomic E-state index is 12.8. The van der Waals surface area contributed by atoms with Crippen LogP contribution in [0.3, 0.4) is 0 Å². The second-order valence-corrected chi connectivity index (χ2v) is 8.39. The highest BCUT2D eigenvalue weighted by Crippen LogP contribution is 2.34. The third-order valence-electron chi connectivity index (χ3n) is 5.32. The Morgan fingerprint density at radius 2 is 1.80 bits per heavy atom. The van der Waals surface area contributed by atoms with Gasteiger partial charge in [-0.05, 0) is 48.5 Å². The van der Waals surface area contributed by atoms with Gasteiger partial charge in [-0.1, -0.05) is 48.5 Å². The van der Waals surface area contributed by atoms with Gasteiger partial charge in [0.25, 0.3) is 5.91 Å². The monoisotopic (exact) mass is 419 g/mol. The fraction of sp³-hybridized carbons (Fsp3) is 0.250. The Kier molecular flexibility index (Phi) is 6.57. The molecule has 2 aromatic carbocycles. The first-order chi connectivity index (χ1) is 14.7. The Morgan fingerprint density at radius 3 is 2.60 bits per heavy atom. The number of hydrogen-bond donors (Lipinski definition) is 2. The summed E-state index contributed by atoms with van der Waals surface area (Å²) in [6.07, 6.45) is 2.17. The molecule has 2 heterocycles. The van der Waals surface area contributed by atoms with Crippen molar-refractivity contribution >= 4 is 28.8 Å². The number of carbonyl (C=O) groups excluding carboxylic acids is 2. The molecule has 1 aromatic heterocycles. The van der Waals surface area contributed by atoms with Gasteiger partial charge in [-0.2, -0.15) is 0 Å². The molecule has 2 amide bonds. The minimum Gasteiger partial charge on any atom is -0.348 e. The highest BCUT2D eigenvalue weighted by Gasteiger charge is 2.28. The van der Waals surface area contributed by atoms with E-state index < -0.39 is 0 Å². The fourth-order valence-corrected chi connectivity index (χ4v) is 4.75. The third-order valence-corrected chi connectivity index (χ3v) is 6.30. The van der Waals surface area contributed by atoms with Crippen LogP contribution in [-0.4, -0.2) is 29.8 Å². The summed E-state index contributed by atoms with van der Waals surface area (Å²) in [6.45, 7) is 1.68. The molecular weight excluding hydrogens is 394 g/mol. The van der Waals surface area contributed by atoms with E-state index >= 15 is 0 Å². The van der Waals surface area contributed by atoms with Crippen LogP contribution in [0.1, 0.15) is 39.7 Å². The number of nitrogens with one attached hydrogen (secondary N) is 2. The second-order valence-electron chi connectivity index (χ2n) is 7.41. The number of anilines is 1. The van der Waals surface area contributed by atoms with E-state index in [2.05, 4.69) is 33.0 Å². The lowest BCUT2D eigenvalue weighted by atomic mass is 10.1. The fourth-order valence-electron chi connectivity index (χ4n) is 3.86. The molecule has 0 radical (unpaired) electrons. The number of nitrogens with zero attached hydrogens (tertiary/aromatic N) is 1. The smallest absolute Gasteiger partial charge is 0.253 e. The molecule has 0 bridgehead atoms. The molecule has 2 N–H and O–H groups in total. The zero-order valence-corrected chi connectivity index (χ0v) is 17.5. The first kappa shape index (κ1) is 20.3. The first-order valence-electron chi connectivity index (χ1n) is 10.2. The van der Waals surface area contributed by atoms with E-state index in [9.17, 15) is 9.59 Å². The minimum atomic E-state index is -0.201. The van der Waals surface area contributed by atoms with Gasteiger partial charge < -0.3 is 10.6 Å². The average molecular weight is 420 g/mol. The molecule has 0 aliphatic carbocycles. The van der Waals surface area contributed by atoms with E-state index in [1.807, 2.05) is 36.4 Å². The van der Waals surface area contributed by atoms with Crippen LogP contribution >= 0.6 is 11.3 Å². The van der Waals surface area contributed by atoms with Gasteiger partial charge in [0.05, 0.1) is 17.8 Å². The van der Waals surface area contributed by atoms with Gasteiger partial charge in [0.1, 0.15) is 0 Å². The molecule has 6 heteroatoms. The molecule has 1 aliphatic rings. The van der Waals surface area contributed by atoms with Crippen LogP contribution in [0.2, 0.25) is 0 Å². The third kappa shape index (κ3) is 4.96. The molecule has 1 aliphatic heterocycles. The predicted molar refractivity (Wildman–Crippen MR) is 121 cm³/mol. The molecule has 1 atom stereocenters. The van der Waals surface area contributed by atoms with Crippen molar-refractivity contribution < 1.29 is 9.59 Å². The van der Waals surface area contributed by atoms with Crippen molar-refractivity contribution in [2.24, 2.45) is 0 Å². The van der Waals surface area contributed by atoms with Crippen LogP contribution < -0.4 is 10.6 Å². The number of benzene rings is 2. The van der Waals surface area contributed by atoms with Crippen molar-refractivity contribution in [3.8, 4) is 0 Å². The molecule has 0 spiro atoms. The Bertz CT molecular complexity index is 989. The Balaban J connectivity index is 1.38. The number of likely N-dealkylation sites (tertiary alicyclic amines) is 1. The lowest BCUT2D eigenvalue weighted by Gasteiger charge is -2.23. The Morgan fingerprint density at radius 1 is 1.00 bits per heavy atom. The minimum absolute atomic E-state index is 0.0956. The average Bonchev–Trinajstić information content (AvgIpc) is 3.45. The maximum absolute atomic E-state index is 12.8. The number of thiophene rings is 1. The molecule has 1 saturated heterocycles. The van der Waals surface area contributed by atoms with E-state index in [0.717, 1.165) is 24.9 Å². The largest absolute Gasteiger partial charge is 0.348 e. The molecule has 1 fully saturated rings. The maximum Gasteiger partial charge on any atom is 0.253 e. The van der Waals surface area contributed by atoms with E-state index in [1.54, 1.807) is 29.5 Å². The van der Waals surface area contributed by atoms with Gasteiger partial charge >= 0.3 is 0 Å². The van der Waals surface area contributed by atoms with Crippen molar-refractivity contribution in [1.29, 1.82) is 0 Å². The van der Waals surface area contributed by atoms with Crippen molar-refractivity contribution in [3.05, 3.63) is 88.1 Å². The summed E-state index contributed by atoms with van der Waals surface area (Å²) in [4.78, 5) is 29.0. The summed E-state index contributed by atoms with van der Waals surface area (Å²) in [6, 6.07) is 21.4. The van der Waals surface area contributed by atoms with Crippen LogP contribution in [0.25, 0.3) is 0 Å². The van der Waals surface area contributed by atoms with E-state index in [-0.39, 0.29) is 11.8 Å².